The minimum atomic E-state index is -0.153. The highest BCUT2D eigenvalue weighted by atomic mass is 32.2. The van der Waals surface area contributed by atoms with Crippen molar-refractivity contribution >= 4 is 44.4 Å². The highest BCUT2D eigenvalue weighted by molar-refractivity contribution is 7.99. The van der Waals surface area contributed by atoms with Crippen LogP contribution in [0.5, 0.6) is 5.75 Å². The minimum Gasteiger partial charge on any atom is -0.494 e. The smallest absolute Gasteiger partial charge is 0.236 e. The van der Waals surface area contributed by atoms with E-state index in [1.807, 2.05) is 55.5 Å². The molecule has 0 saturated carbocycles. The number of hydrogen-bond donors (Lipinski definition) is 2. The van der Waals surface area contributed by atoms with Crippen LogP contribution in [0.15, 0.2) is 53.7 Å². The number of aromatic nitrogens is 4. The molecular formula is C19H17N5O2S2. The molecule has 0 saturated heterocycles. The van der Waals surface area contributed by atoms with Crippen LogP contribution in [-0.2, 0) is 4.79 Å². The fourth-order valence-corrected chi connectivity index (χ4v) is 4.05. The standard InChI is InChI=1S/C19H17N5O2S2/c1-2-26-13-8-9-14-15(10-13)28-18(20-14)21-16(25)11-27-19-22-17(23-24-19)12-6-4-3-5-7-12/h3-10H,2,11H2,1H3,(H,20,21,25)(H,22,23,24). The van der Waals surface area contributed by atoms with Crippen molar-refractivity contribution < 1.29 is 9.53 Å². The van der Waals surface area contributed by atoms with Gasteiger partial charge in [-0.1, -0.05) is 53.4 Å². The summed E-state index contributed by atoms with van der Waals surface area (Å²) in [5, 5.41) is 11.0. The normalized spacial score (nSPS) is 10.9. The molecular weight excluding hydrogens is 394 g/mol. The lowest BCUT2D eigenvalue weighted by Gasteiger charge is -2.00. The lowest BCUT2D eigenvalue weighted by molar-refractivity contribution is -0.113. The van der Waals surface area contributed by atoms with Gasteiger partial charge in [0.05, 0.1) is 22.6 Å². The Morgan fingerprint density at radius 1 is 1.21 bits per heavy atom. The molecule has 0 spiro atoms. The molecule has 0 aliphatic heterocycles. The van der Waals surface area contributed by atoms with E-state index < -0.39 is 0 Å². The summed E-state index contributed by atoms with van der Waals surface area (Å²) < 4.78 is 6.47. The first-order chi connectivity index (χ1) is 13.7. The summed E-state index contributed by atoms with van der Waals surface area (Å²) >= 11 is 2.69. The molecule has 0 atom stereocenters. The maximum Gasteiger partial charge on any atom is 0.236 e. The summed E-state index contributed by atoms with van der Waals surface area (Å²) in [4.78, 5) is 21.1. The van der Waals surface area contributed by atoms with E-state index in [2.05, 4.69) is 25.5 Å². The highest BCUT2D eigenvalue weighted by Crippen LogP contribution is 2.29. The maximum atomic E-state index is 12.3. The van der Waals surface area contributed by atoms with Gasteiger partial charge in [-0.2, -0.15) is 0 Å². The molecule has 0 aliphatic carbocycles. The van der Waals surface area contributed by atoms with E-state index in [4.69, 9.17) is 4.74 Å². The van der Waals surface area contributed by atoms with Gasteiger partial charge in [-0.3, -0.25) is 9.89 Å². The first kappa shape index (κ1) is 18.5. The number of rotatable bonds is 7. The summed E-state index contributed by atoms with van der Waals surface area (Å²) in [6.07, 6.45) is 0. The maximum absolute atomic E-state index is 12.3. The Morgan fingerprint density at radius 3 is 2.89 bits per heavy atom. The molecule has 0 unspecified atom stereocenters. The number of thiazole rings is 1. The molecule has 142 valence electrons. The van der Waals surface area contributed by atoms with E-state index >= 15 is 0 Å². The number of hydrogen-bond acceptors (Lipinski definition) is 7. The number of aromatic amines is 1. The van der Waals surface area contributed by atoms with Crippen LogP contribution in [0, 0.1) is 0 Å². The molecule has 4 rings (SSSR count). The van der Waals surface area contributed by atoms with Crippen LogP contribution in [0.25, 0.3) is 21.6 Å². The molecule has 2 aromatic heterocycles. The van der Waals surface area contributed by atoms with Crippen LogP contribution in [-0.4, -0.2) is 38.4 Å². The van der Waals surface area contributed by atoms with Crippen LogP contribution < -0.4 is 10.1 Å². The predicted octanol–water partition coefficient (Wildman–Crippen LogP) is 4.21. The monoisotopic (exact) mass is 411 g/mol. The van der Waals surface area contributed by atoms with Crippen LogP contribution in [0.4, 0.5) is 5.13 Å². The zero-order valence-electron chi connectivity index (χ0n) is 15.0. The van der Waals surface area contributed by atoms with Gasteiger partial charge in [0.2, 0.25) is 11.1 Å². The Balaban J connectivity index is 1.36. The Hall–Kier alpha value is -2.91. The summed E-state index contributed by atoms with van der Waals surface area (Å²) in [5.74, 6) is 1.53. The number of ether oxygens (including phenoxy) is 1. The second kappa shape index (κ2) is 8.41. The van der Waals surface area contributed by atoms with Gasteiger partial charge >= 0.3 is 0 Å². The lowest BCUT2D eigenvalue weighted by Crippen LogP contribution is -2.13. The van der Waals surface area contributed by atoms with Gasteiger partial charge in [-0.25, -0.2) is 9.97 Å². The Bertz CT molecular complexity index is 1090. The fraction of sp³-hybridized carbons (Fsp3) is 0.158. The van der Waals surface area contributed by atoms with Crippen LogP contribution in [0.2, 0.25) is 0 Å². The summed E-state index contributed by atoms with van der Waals surface area (Å²) in [5.41, 5.74) is 1.78. The van der Waals surface area contributed by atoms with Gasteiger partial charge in [0.1, 0.15) is 5.75 Å². The van der Waals surface area contributed by atoms with Crippen LogP contribution in [0.1, 0.15) is 6.92 Å². The summed E-state index contributed by atoms with van der Waals surface area (Å²) in [6, 6.07) is 15.4. The number of nitrogens with zero attached hydrogens (tertiary/aromatic N) is 3. The van der Waals surface area contributed by atoms with E-state index in [0.29, 0.717) is 22.7 Å². The molecule has 9 heteroatoms. The van der Waals surface area contributed by atoms with Crippen molar-refractivity contribution in [1.29, 1.82) is 0 Å². The average Bonchev–Trinajstić information content (AvgIpc) is 3.33. The van der Waals surface area contributed by atoms with E-state index in [1.165, 1.54) is 23.1 Å². The Morgan fingerprint density at radius 2 is 2.07 bits per heavy atom. The van der Waals surface area contributed by atoms with Crippen molar-refractivity contribution in [1.82, 2.24) is 20.2 Å². The van der Waals surface area contributed by atoms with Gasteiger partial charge in [0, 0.05) is 5.56 Å². The largest absolute Gasteiger partial charge is 0.494 e. The molecule has 0 radical (unpaired) electrons. The highest BCUT2D eigenvalue weighted by Gasteiger charge is 2.12. The second-order valence-corrected chi connectivity index (χ2v) is 7.72. The van der Waals surface area contributed by atoms with Crippen LogP contribution in [0.3, 0.4) is 0 Å². The molecule has 28 heavy (non-hydrogen) atoms. The van der Waals surface area contributed by atoms with Crippen molar-refractivity contribution in [2.45, 2.75) is 12.1 Å². The molecule has 1 amide bonds. The third-order valence-corrected chi connectivity index (χ3v) is 5.54. The predicted molar refractivity (Wildman–Crippen MR) is 112 cm³/mol. The molecule has 2 aromatic carbocycles. The van der Waals surface area contributed by atoms with Crippen molar-refractivity contribution in [2.75, 3.05) is 17.7 Å². The number of carbonyl (C=O) groups excluding carboxylic acids is 1. The van der Waals surface area contributed by atoms with E-state index in [0.717, 1.165) is 21.5 Å². The number of nitrogens with one attached hydrogen (secondary N) is 2. The fourth-order valence-electron chi connectivity index (χ4n) is 2.54. The van der Waals surface area contributed by atoms with Gasteiger partial charge in [-0.15, -0.1) is 5.10 Å². The van der Waals surface area contributed by atoms with Crippen molar-refractivity contribution in [3.05, 3.63) is 48.5 Å². The lowest BCUT2D eigenvalue weighted by atomic mass is 10.2. The summed E-state index contributed by atoms with van der Waals surface area (Å²) in [7, 11) is 0. The van der Waals surface area contributed by atoms with Crippen molar-refractivity contribution in [2.24, 2.45) is 0 Å². The van der Waals surface area contributed by atoms with Gasteiger partial charge in [0.25, 0.3) is 0 Å². The molecule has 0 aliphatic rings. The first-order valence-corrected chi connectivity index (χ1v) is 10.5. The van der Waals surface area contributed by atoms with E-state index in [-0.39, 0.29) is 11.7 Å². The molecule has 2 N–H and O–H groups in total. The quantitative estimate of drug-likeness (QED) is 0.443. The number of carbonyl (C=O) groups is 1. The third-order valence-electron chi connectivity index (χ3n) is 3.76. The number of amides is 1. The van der Waals surface area contributed by atoms with E-state index in [1.54, 1.807) is 0 Å². The first-order valence-electron chi connectivity index (χ1n) is 8.65. The zero-order valence-corrected chi connectivity index (χ0v) is 16.6. The zero-order chi connectivity index (χ0) is 19.3. The van der Waals surface area contributed by atoms with Crippen molar-refractivity contribution in [3.8, 4) is 17.1 Å². The second-order valence-electron chi connectivity index (χ2n) is 5.75. The van der Waals surface area contributed by atoms with Gasteiger partial charge in [-0.05, 0) is 25.1 Å². The number of fused-ring (bicyclic) bond motifs is 1. The van der Waals surface area contributed by atoms with Crippen LogP contribution >= 0.6 is 23.1 Å². The van der Waals surface area contributed by atoms with Gasteiger partial charge in [0.15, 0.2) is 11.0 Å². The topological polar surface area (TPSA) is 92.8 Å². The molecule has 0 fully saturated rings. The SMILES string of the molecule is CCOc1ccc2nc(NC(=O)CSc3n[nH]c(-c4ccccc4)n3)sc2c1. The molecule has 4 aromatic rings. The van der Waals surface area contributed by atoms with Gasteiger partial charge < -0.3 is 10.1 Å². The van der Waals surface area contributed by atoms with E-state index in [9.17, 15) is 4.79 Å². The number of thioether (sulfide) groups is 1. The summed E-state index contributed by atoms with van der Waals surface area (Å²) in [6.45, 7) is 2.55. The molecule has 7 nitrogen and oxygen atoms in total. The third kappa shape index (κ3) is 4.32. The molecule has 2 heterocycles. The Kier molecular flexibility index (Phi) is 5.54. The average molecular weight is 412 g/mol. The number of benzene rings is 2. The van der Waals surface area contributed by atoms with Crippen molar-refractivity contribution in [3.63, 3.8) is 0 Å². The Labute approximate surface area is 169 Å². The number of anilines is 1. The molecule has 0 bridgehead atoms. The minimum absolute atomic E-state index is 0.153. The number of H-pyrrole nitrogens is 1.